The molecule has 1 aromatic rings. The molecule has 0 bridgehead atoms. The highest BCUT2D eigenvalue weighted by Crippen LogP contribution is 2.27. The van der Waals surface area contributed by atoms with E-state index in [0.717, 1.165) is 44.5 Å². The third kappa shape index (κ3) is 3.71. The normalized spacial score (nSPS) is 14.7. The van der Waals surface area contributed by atoms with Crippen LogP contribution in [0.4, 0.5) is 11.5 Å². The van der Waals surface area contributed by atoms with E-state index in [9.17, 15) is 4.79 Å². The number of carbonyl (C=O) groups is 1. The van der Waals surface area contributed by atoms with Gasteiger partial charge in [-0.05, 0) is 37.8 Å². The van der Waals surface area contributed by atoms with Gasteiger partial charge in [-0.1, -0.05) is 20.3 Å². The van der Waals surface area contributed by atoms with E-state index in [4.69, 9.17) is 0 Å². The Balaban J connectivity index is 1.95. The molecule has 1 fully saturated rings. The summed E-state index contributed by atoms with van der Waals surface area (Å²) >= 11 is 0. The molecule has 1 heterocycles. The van der Waals surface area contributed by atoms with Crippen LogP contribution in [0.25, 0.3) is 0 Å². The third-order valence-corrected chi connectivity index (χ3v) is 3.83. The number of carbonyl (C=O) groups excluding carboxylic acids is 1. The number of amides is 1. The smallest absolute Gasteiger partial charge is 0.228 e. The summed E-state index contributed by atoms with van der Waals surface area (Å²) in [5, 5.41) is 2.91. The van der Waals surface area contributed by atoms with Gasteiger partial charge >= 0.3 is 0 Å². The minimum absolute atomic E-state index is 0.121. The fourth-order valence-electron chi connectivity index (χ4n) is 2.46. The summed E-state index contributed by atoms with van der Waals surface area (Å²) in [5.74, 6) is 0.988. The minimum Gasteiger partial charge on any atom is -0.370 e. The second-order valence-corrected chi connectivity index (χ2v) is 5.51. The summed E-state index contributed by atoms with van der Waals surface area (Å²) in [7, 11) is 0. The fraction of sp³-hybridized carbons (Fsp3) is 0.625. The Morgan fingerprint density at radius 3 is 2.45 bits per heavy atom. The Kier molecular flexibility index (Phi) is 5.39. The second kappa shape index (κ2) is 7.27. The van der Waals surface area contributed by atoms with Gasteiger partial charge in [0.15, 0.2) is 0 Å². The molecule has 0 aromatic carbocycles. The number of pyridine rings is 1. The molecule has 1 aliphatic carbocycles. The van der Waals surface area contributed by atoms with Crippen molar-refractivity contribution in [1.82, 2.24) is 4.98 Å². The molecule has 110 valence electrons. The molecule has 1 amide bonds. The van der Waals surface area contributed by atoms with E-state index in [1.807, 2.05) is 12.3 Å². The number of rotatable bonds is 7. The van der Waals surface area contributed by atoms with Crippen LogP contribution < -0.4 is 10.2 Å². The summed E-state index contributed by atoms with van der Waals surface area (Å²) in [4.78, 5) is 18.6. The van der Waals surface area contributed by atoms with Gasteiger partial charge in [0.25, 0.3) is 0 Å². The van der Waals surface area contributed by atoms with Crippen LogP contribution >= 0.6 is 0 Å². The maximum absolute atomic E-state index is 11.9. The van der Waals surface area contributed by atoms with Crippen molar-refractivity contribution in [3.05, 3.63) is 18.3 Å². The lowest BCUT2D eigenvalue weighted by Crippen LogP contribution is -2.28. The summed E-state index contributed by atoms with van der Waals surface area (Å²) in [5.41, 5.74) is 1.13. The van der Waals surface area contributed by atoms with Gasteiger partial charge in [0, 0.05) is 19.0 Å². The van der Waals surface area contributed by atoms with Gasteiger partial charge < -0.3 is 10.2 Å². The average Bonchev–Trinajstić information content (AvgIpc) is 2.37. The maximum atomic E-state index is 11.9. The molecule has 0 radical (unpaired) electrons. The van der Waals surface area contributed by atoms with Crippen molar-refractivity contribution in [3.63, 3.8) is 0 Å². The molecule has 4 heteroatoms. The number of nitrogens with one attached hydrogen (secondary N) is 1. The largest absolute Gasteiger partial charge is 0.370 e. The van der Waals surface area contributed by atoms with Gasteiger partial charge in [0.2, 0.25) is 5.91 Å². The van der Waals surface area contributed by atoms with Gasteiger partial charge in [0.05, 0.1) is 11.9 Å². The first kappa shape index (κ1) is 14.8. The van der Waals surface area contributed by atoms with Gasteiger partial charge in [0.1, 0.15) is 5.82 Å². The van der Waals surface area contributed by atoms with Crippen molar-refractivity contribution in [3.8, 4) is 0 Å². The van der Waals surface area contributed by atoms with E-state index in [-0.39, 0.29) is 11.8 Å². The fourth-order valence-corrected chi connectivity index (χ4v) is 2.46. The summed E-state index contributed by atoms with van der Waals surface area (Å²) in [6, 6.07) is 3.96. The summed E-state index contributed by atoms with van der Waals surface area (Å²) in [6.07, 6.45) is 7.32. The Bertz CT molecular complexity index is 420. The van der Waals surface area contributed by atoms with Crippen LogP contribution in [-0.4, -0.2) is 24.0 Å². The monoisotopic (exact) mass is 275 g/mol. The van der Waals surface area contributed by atoms with Gasteiger partial charge in [-0.15, -0.1) is 0 Å². The lowest BCUT2D eigenvalue weighted by atomic mass is 9.85. The van der Waals surface area contributed by atoms with E-state index in [1.54, 1.807) is 0 Å². The van der Waals surface area contributed by atoms with E-state index < -0.39 is 0 Å². The zero-order chi connectivity index (χ0) is 14.4. The van der Waals surface area contributed by atoms with Crippen LogP contribution in [0.3, 0.4) is 0 Å². The molecule has 0 spiro atoms. The van der Waals surface area contributed by atoms with Crippen LogP contribution in [0.5, 0.6) is 0 Å². The zero-order valence-corrected chi connectivity index (χ0v) is 12.6. The first-order valence-electron chi connectivity index (χ1n) is 7.76. The topological polar surface area (TPSA) is 45.2 Å². The number of hydrogen-bond donors (Lipinski definition) is 1. The molecule has 0 aliphatic heterocycles. The van der Waals surface area contributed by atoms with Crippen LogP contribution in [0.15, 0.2) is 18.3 Å². The highest BCUT2D eigenvalue weighted by molar-refractivity contribution is 5.92. The van der Waals surface area contributed by atoms with Gasteiger partial charge in [-0.2, -0.15) is 0 Å². The Morgan fingerprint density at radius 2 is 2.00 bits per heavy atom. The van der Waals surface area contributed by atoms with Crippen molar-refractivity contribution < 1.29 is 4.79 Å². The van der Waals surface area contributed by atoms with Crippen LogP contribution in [0.1, 0.15) is 46.0 Å². The van der Waals surface area contributed by atoms with Crippen LogP contribution in [0, 0.1) is 5.92 Å². The number of aromatic nitrogens is 1. The van der Waals surface area contributed by atoms with Crippen molar-refractivity contribution in [1.29, 1.82) is 0 Å². The Labute approximate surface area is 121 Å². The van der Waals surface area contributed by atoms with E-state index in [0.29, 0.717) is 5.82 Å². The van der Waals surface area contributed by atoms with E-state index in [1.165, 1.54) is 6.42 Å². The average molecular weight is 275 g/mol. The molecule has 1 saturated carbocycles. The lowest BCUT2D eigenvalue weighted by molar-refractivity contribution is -0.122. The summed E-state index contributed by atoms with van der Waals surface area (Å²) < 4.78 is 0. The highest BCUT2D eigenvalue weighted by atomic mass is 16.2. The third-order valence-electron chi connectivity index (χ3n) is 3.83. The summed E-state index contributed by atoms with van der Waals surface area (Å²) in [6.45, 7) is 6.46. The number of anilines is 2. The molecule has 1 N–H and O–H groups in total. The van der Waals surface area contributed by atoms with Crippen molar-refractivity contribution in [2.75, 3.05) is 23.3 Å². The predicted octanol–water partition coefficient (Wildman–Crippen LogP) is 3.45. The molecular weight excluding hydrogens is 250 g/mol. The second-order valence-electron chi connectivity index (χ2n) is 5.51. The quantitative estimate of drug-likeness (QED) is 0.829. The first-order chi connectivity index (χ1) is 9.74. The van der Waals surface area contributed by atoms with E-state index >= 15 is 0 Å². The standard InChI is InChI=1S/C16H25N3O/c1-3-10-19(11-4-2)14-8-9-15(17-12-14)18-16(20)13-6-5-7-13/h8-9,12-13H,3-7,10-11H2,1-2H3,(H,17,18,20). The molecule has 1 aromatic heterocycles. The van der Waals surface area contributed by atoms with E-state index in [2.05, 4.69) is 35.1 Å². The number of nitrogens with zero attached hydrogens (tertiary/aromatic N) is 2. The van der Waals surface area contributed by atoms with Crippen LogP contribution in [-0.2, 0) is 4.79 Å². The molecule has 0 saturated heterocycles. The van der Waals surface area contributed by atoms with Gasteiger partial charge in [-0.3, -0.25) is 4.79 Å². The zero-order valence-electron chi connectivity index (χ0n) is 12.6. The van der Waals surface area contributed by atoms with Crippen molar-refractivity contribution in [2.24, 2.45) is 5.92 Å². The molecule has 2 rings (SSSR count). The Morgan fingerprint density at radius 1 is 1.30 bits per heavy atom. The van der Waals surface area contributed by atoms with Crippen molar-refractivity contribution in [2.45, 2.75) is 46.0 Å². The van der Waals surface area contributed by atoms with Crippen molar-refractivity contribution >= 4 is 17.4 Å². The molecular formula is C16H25N3O. The predicted molar refractivity (Wildman–Crippen MR) is 83.0 cm³/mol. The molecule has 1 aliphatic rings. The minimum atomic E-state index is 0.121. The lowest BCUT2D eigenvalue weighted by Gasteiger charge is -2.25. The van der Waals surface area contributed by atoms with Gasteiger partial charge in [-0.25, -0.2) is 4.98 Å². The maximum Gasteiger partial charge on any atom is 0.228 e. The first-order valence-corrected chi connectivity index (χ1v) is 7.76. The molecule has 0 atom stereocenters. The SMILES string of the molecule is CCCN(CCC)c1ccc(NC(=O)C2CCC2)nc1. The Hall–Kier alpha value is -1.58. The molecule has 20 heavy (non-hydrogen) atoms. The number of hydrogen-bond acceptors (Lipinski definition) is 3. The molecule has 4 nitrogen and oxygen atoms in total. The van der Waals surface area contributed by atoms with Crippen LogP contribution in [0.2, 0.25) is 0 Å². The molecule has 0 unspecified atom stereocenters. The highest BCUT2D eigenvalue weighted by Gasteiger charge is 2.25.